The van der Waals surface area contributed by atoms with Crippen molar-refractivity contribution < 1.29 is 9.53 Å². The van der Waals surface area contributed by atoms with Gasteiger partial charge in [0.25, 0.3) is 5.91 Å². The maximum Gasteiger partial charge on any atom is 0.262 e. The summed E-state index contributed by atoms with van der Waals surface area (Å²) in [4.78, 5) is 15.8. The number of pyridine rings is 1. The SMILES string of the molecule is CC(C)(C)c1ccc(NC(=O)COc2cccnc2N)cc1. The molecular weight excluding hydrogens is 278 g/mol. The largest absolute Gasteiger partial charge is 0.480 e. The fraction of sp³-hybridized carbons (Fsp3) is 0.294. The number of nitrogens with one attached hydrogen (secondary N) is 1. The molecule has 0 saturated carbocycles. The number of carbonyl (C=O) groups is 1. The van der Waals surface area contributed by atoms with Gasteiger partial charge in [0.2, 0.25) is 0 Å². The molecule has 116 valence electrons. The summed E-state index contributed by atoms with van der Waals surface area (Å²) in [5.74, 6) is 0.428. The molecule has 0 radical (unpaired) electrons. The summed E-state index contributed by atoms with van der Waals surface area (Å²) in [5.41, 5.74) is 7.69. The van der Waals surface area contributed by atoms with E-state index in [2.05, 4.69) is 31.1 Å². The summed E-state index contributed by atoms with van der Waals surface area (Å²) >= 11 is 0. The van der Waals surface area contributed by atoms with Gasteiger partial charge in [0.05, 0.1) is 0 Å². The Hall–Kier alpha value is -2.56. The van der Waals surface area contributed by atoms with Crippen LogP contribution >= 0.6 is 0 Å². The minimum atomic E-state index is -0.244. The minimum Gasteiger partial charge on any atom is -0.480 e. The highest BCUT2D eigenvalue weighted by molar-refractivity contribution is 5.91. The molecule has 1 aromatic heterocycles. The average Bonchev–Trinajstić information content (AvgIpc) is 2.46. The summed E-state index contributed by atoms with van der Waals surface area (Å²) in [6.45, 7) is 6.32. The molecule has 0 atom stereocenters. The molecule has 3 N–H and O–H groups in total. The molecule has 0 fully saturated rings. The standard InChI is InChI=1S/C17H21N3O2/c1-17(2,3)12-6-8-13(9-7-12)20-15(21)11-22-14-5-4-10-19-16(14)18/h4-10H,11H2,1-3H3,(H2,18,19)(H,20,21). The fourth-order valence-electron chi connectivity index (χ4n) is 1.92. The van der Waals surface area contributed by atoms with Crippen molar-refractivity contribution in [3.63, 3.8) is 0 Å². The van der Waals surface area contributed by atoms with E-state index in [4.69, 9.17) is 10.5 Å². The lowest BCUT2D eigenvalue weighted by molar-refractivity contribution is -0.118. The highest BCUT2D eigenvalue weighted by atomic mass is 16.5. The van der Waals surface area contributed by atoms with E-state index in [0.29, 0.717) is 5.75 Å². The van der Waals surface area contributed by atoms with E-state index >= 15 is 0 Å². The monoisotopic (exact) mass is 299 g/mol. The Morgan fingerprint density at radius 1 is 1.23 bits per heavy atom. The van der Waals surface area contributed by atoms with Crippen LogP contribution in [0.4, 0.5) is 11.5 Å². The molecule has 5 nitrogen and oxygen atoms in total. The number of anilines is 2. The van der Waals surface area contributed by atoms with Gasteiger partial charge in [-0.15, -0.1) is 0 Å². The number of amides is 1. The molecule has 1 amide bonds. The van der Waals surface area contributed by atoms with E-state index in [9.17, 15) is 4.79 Å². The molecule has 2 aromatic rings. The van der Waals surface area contributed by atoms with Crippen molar-refractivity contribution in [1.82, 2.24) is 4.98 Å². The van der Waals surface area contributed by atoms with Crippen LogP contribution in [0.5, 0.6) is 5.75 Å². The Balaban J connectivity index is 1.91. The van der Waals surface area contributed by atoms with Gasteiger partial charge >= 0.3 is 0 Å². The normalized spacial score (nSPS) is 11.0. The zero-order valence-electron chi connectivity index (χ0n) is 13.1. The number of aromatic nitrogens is 1. The van der Waals surface area contributed by atoms with Crippen LogP contribution in [0.1, 0.15) is 26.3 Å². The van der Waals surface area contributed by atoms with E-state index in [1.165, 1.54) is 5.56 Å². The highest BCUT2D eigenvalue weighted by Gasteiger charge is 2.13. The van der Waals surface area contributed by atoms with Gasteiger partial charge in [-0.1, -0.05) is 32.9 Å². The number of nitrogens with two attached hydrogens (primary N) is 1. The summed E-state index contributed by atoms with van der Waals surface area (Å²) in [5, 5.41) is 2.79. The van der Waals surface area contributed by atoms with Gasteiger partial charge in [-0.25, -0.2) is 4.98 Å². The molecule has 0 aliphatic rings. The maximum absolute atomic E-state index is 11.9. The van der Waals surface area contributed by atoms with E-state index in [1.54, 1.807) is 18.3 Å². The predicted molar refractivity (Wildman–Crippen MR) is 87.9 cm³/mol. The average molecular weight is 299 g/mol. The smallest absolute Gasteiger partial charge is 0.262 e. The van der Waals surface area contributed by atoms with E-state index < -0.39 is 0 Å². The number of nitrogens with zero attached hydrogens (tertiary/aromatic N) is 1. The number of nitrogen functional groups attached to an aromatic ring is 1. The topological polar surface area (TPSA) is 77.2 Å². The van der Waals surface area contributed by atoms with Crippen LogP contribution in [0, 0.1) is 0 Å². The number of carbonyl (C=O) groups excluding carboxylic acids is 1. The Labute approximate surface area is 130 Å². The zero-order chi connectivity index (χ0) is 16.2. The van der Waals surface area contributed by atoms with Gasteiger partial charge in [-0.3, -0.25) is 4.79 Å². The second kappa shape index (κ2) is 6.47. The second-order valence-corrected chi connectivity index (χ2v) is 6.05. The molecule has 1 heterocycles. The van der Waals surface area contributed by atoms with Crippen LogP contribution in [0.2, 0.25) is 0 Å². The maximum atomic E-state index is 11.9. The molecule has 2 rings (SSSR count). The minimum absolute atomic E-state index is 0.0868. The van der Waals surface area contributed by atoms with Gasteiger partial charge < -0.3 is 15.8 Å². The Bertz CT molecular complexity index is 646. The predicted octanol–water partition coefficient (Wildman–Crippen LogP) is 2.98. The lowest BCUT2D eigenvalue weighted by atomic mass is 9.87. The third kappa shape index (κ3) is 4.22. The molecule has 1 aromatic carbocycles. The summed E-state index contributed by atoms with van der Waals surface area (Å²) in [7, 11) is 0. The van der Waals surface area contributed by atoms with E-state index in [1.807, 2.05) is 24.3 Å². The first-order chi connectivity index (χ1) is 10.4. The van der Waals surface area contributed by atoms with Gasteiger partial charge in [0.15, 0.2) is 18.2 Å². The van der Waals surface area contributed by atoms with Crippen molar-refractivity contribution in [3.8, 4) is 5.75 Å². The number of hydrogen-bond donors (Lipinski definition) is 2. The van der Waals surface area contributed by atoms with E-state index in [-0.39, 0.29) is 23.7 Å². The van der Waals surface area contributed by atoms with Crippen LogP contribution in [0.25, 0.3) is 0 Å². The number of rotatable bonds is 4. The van der Waals surface area contributed by atoms with Crippen molar-refractivity contribution in [2.45, 2.75) is 26.2 Å². The van der Waals surface area contributed by atoms with Crippen LogP contribution in [-0.2, 0) is 10.2 Å². The first kappa shape index (κ1) is 15.8. The first-order valence-corrected chi connectivity index (χ1v) is 7.10. The Morgan fingerprint density at radius 2 is 1.91 bits per heavy atom. The van der Waals surface area contributed by atoms with Crippen molar-refractivity contribution in [3.05, 3.63) is 48.2 Å². The van der Waals surface area contributed by atoms with Gasteiger partial charge in [0, 0.05) is 11.9 Å². The van der Waals surface area contributed by atoms with Gasteiger partial charge in [-0.05, 0) is 35.2 Å². The van der Waals surface area contributed by atoms with Gasteiger partial charge in [-0.2, -0.15) is 0 Å². The zero-order valence-corrected chi connectivity index (χ0v) is 13.1. The Kier molecular flexibility index (Phi) is 4.65. The Morgan fingerprint density at radius 3 is 2.50 bits per heavy atom. The highest BCUT2D eigenvalue weighted by Crippen LogP contribution is 2.23. The summed E-state index contributed by atoms with van der Waals surface area (Å²) in [6, 6.07) is 11.2. The van der Waals surface area contributed by atoms with Crippen molar-refractivity contribution in [1.29, 1.82) is 0 Å². The third-order valence-electron chi connectivity index (χ3n) is 3.19. The molecule has 0 bridgehead atoms. The molecule has 0 aliphatic carbocycles. The quantitative estimate of drug-likeness (QED) is 0.910. The molecule has 0 spiro atoms. The second-order valence-electron chi connectivity index (χ2n) is 6.05. The molecule has 0 unspecified atom stereocenters. The van der Waals surface area contributed by atoms with Crippen LogP contribution in [-0.4, -0.2) is 17.5 Å². The molecule has 0 aliphatic heterocycles. The molecular formula is C17H21N3O2. The van der Waals surface area contributed by atoms with Crippen LogP contribution < -0.4 is 15.8 Å². The molecule has 0 saturated heterocycles. The fourth-order valence-corrected chi connectivity index (χ4v) is 1.92. The van der Waals surface area contributed by atoms with Crippen molar-refractivity contribution >= 4 is 17.4 Å². The van der Waals surface area contributed by atoms with Crippen molar-refractivity contribution in [2.75, 3.05) is 17.7 Å². The lowest BCUT2D eigenvalue weighted by Crippen LogP contribution is -2.20. The number of ether oxygens (including phenoxy) is 1. The van der Waals surface area contributed by atoms with Crippen LogP contribution in [0.3, 0.4) is 0 Å². The van der Waals surface area contributed by atoms with Gasteiger partial charge in [0.1, 0.15) is 0 Å². The first-order valence-electron chi connectivity index (χ1n) is 7.10. The van der Waals surface area contributed by atoms with Crippen LogP contribution in [0.15, 0.2) is 42.6 Å². The lowest BCUT2D eigenvalue weighted by Gasteiger charge is -2.19. The summed E-state index contributed by atoms with van der Waals surface area (Å²) < 4.78 is 5.35. The summed E-state index contributed by atoms with van der Waals surface area (Å²) in [6.07, 6.45) is 1.57. The third-order valence-corrected chi connectivity index (χ3v) is 3.19. The molecule has 5 heteroatoms. The van der Waals surface area contributed by atoms with E-state index in [0.717, 1.165) is 5.69 Å². The van der Waals surface area contributed by atoms with Crippen molar-refractivity contribution in [2.24, 2.45) is 0 Å². The number of hydrogen-bond acceptors (Lipinski definition) is 4. The molecule has 22 heavy (non-hydrogen) atoms. The number of benzene rings is 1.